The molecule has 2 atom stereocenters. The number of likely N-dealkylation sites (tertiary alicyclic amines) is 1. The first-order chi connectivity index (χ1) is 9.69. The van der Waals surface area contributed by atoms with Gasteiger partial charge in [-0.3, -0.25) is 4.79 Å². The summed E-state index contributed by atoms with van der Waals surface area (Å²) in [4.78, 5) is 16.8. The second-order valence-corrected chi connectivity index (χ2v) is 7.34. The van der Waals surface area contributed by atoms with Crippen molar-refractivity contribution >= 4 is 42.5 Å². The zero-order valence-corrected chi connectivity index (χ0v) is 16.2. The fraction of sp³-hybridized carbons (Fsp3) is 0.933. The van der Waals surface area contributed by atoms with Gasteiger partial charge in [0, 0.05) is 50.1 Å². The predicted molar refractivity (Wildman–Crippen MR) is 101 cm³/mol. The average Bonchev–Trinajstić information content (AvgIpc) is 2.88. The zero-order valence-electron chi connectivity index (χ0n) is 13.8. The average molecular weight is 372 g/mol. The lowest BCUT2D eigenvalue weighted by molar-refractivity contribution is -0.130. The number of carbonyl (C=O) groups excluding carboxylic acids is 1. The van der Waals surface area contributed by atoms with E-state index in [0.717, 1.165) is 38.5 Å². The fourth-order valence-corrected chi connectivity index (χ4v) is 4.16. The van der Waals surface area contributed by atoms with Crippen molar-refractivity contribution < 1.29 is 4.79 Å². The van der Waals surface area contributed by atoms with E-state index in [0.29, 0.717) is 24.3 Å². The van der Waals surface area contributed by atoms with E-state index in [2.05, 4.69) is 29.1 Å². The number of nitrogens with zero attached hydrogens (tertiary/aromatic N) is 2. The van der Waals surface area contributed by atoms with Crippen LogP contribution < -0.4 is 5.32 Å². The molecule has 2 rings (SSSR count). The number of halogens is 2. The number of nitrogens with one attached hydrogen (secondary N) is 1. The number of amides is 1. The Bertz CT molecular complexity index is 317. The first-order valence-electron chi connectivity index (χ1n) is 7.96. The second-order valence-electron chi connectivity index (χ2n) is 6.19. The molecule has 4 nitrogen and oxygen atoms in total. The molecular formula is C15H31Cl2N3OS. The van der Waals surface area contributed by atoms with E-state index in [1.807, 2.05) is 11.8 Å². The minimum Gasteiger partial charge on any atom is -0.342 e. The Labute approximate surface area is 151 Å². The summed E-state index contributed by atoms with van der Waals surface area (Å²) < 4.78 is 0. The van der Waals surface area contributed by atoms with Crippen LogP contribution in [-0.2, 0) is 4.79 Å². The van der Waals surface area contributed by atoms with Crippen molar-refractivity contribution in [1.29, 1.82) is 0 Å². The number of carbonyl (C=O) groups is 1. The molecule has 0 aromatic heterocycles. The van der Waals surface area contributed by atoms with Gasteiger partial charge in [0.05, 0.1) is 0 Å². The standard InChI is InChI=1S/C15H29N3OS.2ClH/c1-3-6-17(2)10-13-4-7-18(11-13)15(19)9-14-12-20-8-5-16-14;;/h13-14,16H,3-12H2,1-2H3;2*1H. The van der Waals surface area contributed by atoms with Crippen molar-refractivity contribution in [2.24, 2.45) is 5.92 Å². The summed E-state index contributed by atoms with van der Waals surface area (Å²) >= 11 is 1.96. The molecule has 0 spiro atoms. The van der Waals surface area contributed by atoms with E-state index in [-0.39, 0.29) is 24.8 Å². The van der Waals surface area contributed by atoms with E-state index in [1.165, 1.54) is 18.6 Å². The molecule has 2 fully saturated rings. The third-order valence-corrected chi connectivity index (χ3v) is 5.36. The summed E-state index contributed by atoms with van der Waals surface area (Å²) in [7, 11) is 2.19. The van der Waals surface area contributed by atoms with Gasteiger partial charge in [0.2, 0.25) is 5.91 Å². The molecule has 2 heterocycles. The van der Waals surface area contributed by atoms with E-state index >= 15 is 0 Å². The van der Waals surface area contributed by atoms with Crippen molar-refractivity contribution in [1.82, 2.24) is 15.1 Å². The summed E-state index contributed by atoms with van der Waals surface area (Å²) in [6.07, 6.45) is 3.06. The van der Waals surface area contributed by atoms with Crippen molar-refractivity contribution in [3.63, 3.8) is 0 Å². The maximum atomic E-state index is 12.3. The van der Waals surface area contributed by atoms with Crippen LogP contribution in [0.15, 0.2) is 0 Å². The van der Waals surface area contributed by atoms with Gasteiger partial charge in [-0.05, 0) is 32.4 Å². The third kappa shape index (κ3) is 7.26. The minimum absolute atomic E-state index is 0. The van der Waals surface area contributed by atoms with Crippen LogP contribution in [0.25, 0.3) is 0 Å². The molecule has 1 amide bonds. The van der Waals surface area contributed by atoms with Crippen molar-refractivity contribution in [3.8, 4) is 0 Å². The van der Waals surface area contributed by atoms with Gasteiger partial charge < -0.3 is 15.1 Å². The van der Waals surface area contributed by atoms with Gasteiger partial charge in [-0.1, -0.05) is 6.92 Å². The highest BCUT2D eigenvalue weighted by Gasteiger charge is 2.28. The quantitative estimate of drug-likeness (QED) is 0.775. The van der Waals surface area contributed by atoms with Gasteiger partial charge in [0.15, 0.2) is 0 Å². The second kappa shape index (κ2) is 11.8. The Morgan fingerprint density at radius 1 is 1.41 bits per heavy atom. The molecule has 0 aliphatic carbocycles. The van der Waals surface area contributed by atoms with E-state index in [4.69, 9.17) is 0 Å². The maximum Gasteiger partial charge on any atom is 0.224 e. The molecule has 0 bridgehead atoms. The summed E-state index contributed by atoms with van der Waals surface area (Å²) in [5.74, 6) is 3.29. The Kier molecular flexibility index (Phi) is 12.0. The maximum absolute atomic E-state index is 12.3. The highest BCUT2D eigenvalue weighted by atomic mass is 35.5. The lowest BCUT2D eigenvalue weighted by Crippen LogP contribution is -2.42. The van der Waals surface area contributed by atoms with Crippen molar-refractivity contribution in [2.75, 3.05) is 51.3 Å². The SMILES string of the molecule is CCCN(C)CC1CCN(C(=O)CC2CSCCN2)C1.Cl.Cl. The molecule has 7 heteroatoms. The topological polar surface area (TPSA) is 35.6 Å². The first kappa shape index (κ1) is 22.3. The van der Waals surface area contributed by atoms with Crippen LogP contribution in [0.3, 0.4) is 0 Å². The van der Waals surface area contributed by atoms with Crippen LogP contribution in [0.1, 0.15) is 26.2 Å². The van der Waals surface area contributed by atoms with Crippen molar-refractivity contribution in [2.45, 2.75) is 32.2 Å². The summed E-state index contributed by atoms with van der Waals surface area (Å²) in [6, 6.07) is 0.392. The number of thioether (sulfide) groups is 1. The predicted octanol–water partition coefficient (Wildman–Crippen LogP) is 2.12. The molecule has 2 saturated heterocycles. The lowest BCUT2D eigenvalue weighted by atomic mass is 10.1. The molecule has 22 heavy (non-hydrogen) atoms. The van der Waals surface area contributed by atoms with Gasteiger partial charge in [-0.2, -0.15) is 11.8 Å². The monoisotopic (exact) mass is 371 g/mol. The lowest BCUT2D eigenvalue weighted by Gasteiger charge is -2.25. The van der Waals surface area contributed by atoms with Gasteiger partial charge in [0.1, 0.15) is 0 Å². The van der Waals surface area contributed by atoms with Crippen LogP contribution >= 0.6 is 36.6 Å². The molecule has 132 valence electrons. The smallest absolute Gasteiger partial charge is 0.224 e. The minimum atomic E-state index is 0. The van der Waals surface area contributed by atoms with Crippen LogP contribution in [0, 0.1) is 5.92 Å². The Morgan fingerprint density at radius 2 is 2.18 bits per heavy atom. The molecule has 2 aliphatic heterocycles. The number of rotatable bonds is 6. The zero-order chi connectivity index (χ0) is 14.4. The number of hydrogen-bond donors (Lipinski definition) is 1. The molecule has 1 N–H and O–H groups in total. The van der Waals surface area contributed by atoms with E-state index in [9.17, 15) is 4.79 Å². The molecule has 0 aromatic rings. The molecule has 2 unspecified atom stereocenters. The first-order valence-corrected chi connectivity index (χ1v) is 9.12. The Morgan fingerprint density at radius 3 is 2.82 bits per heavy atom. The van der Waals surface area contributed by atoms with Gasteiger partial charge in [-0.15, -0.1) is 24.8 Å². The Balaban J connectivity index is 0.00000220. The van der Waals surface area contributed by atoms with E-state index in [1.54, 1.807) is 0 Å². The highest BCUT2D eigenvalue weighted by Crippen LogP contribution is 2.19. The summed E-state index contributed by atoms with van der Waals surface area (Å²) in [5, 5.41) is 3.46. The third-order valence-electron chi connectivity index (χ3n) is 4.23. The normalized spacial score (nSPS) is 24.8. The molecule has 0 radical (unpaired) electrons. The number of hydrogen-bond acceptors (Lipinski definition) is 4. The highest BCUT2D eigenvalue weighted by molar-refractivity contribution is 7.99. The molecular weight excluding hydrogens is 341 g/mol. The van der Waals surface area contributed by atoms with Crippen LogP contribution in [0.2, 0.25) is 0 Å². The van der Waals surface area contributed by atoms with Crippen molar-refractivity contribution in [3.05, 3.63) is 0 Å². The Hall–Kier alpha value is 0.320. The van der Waals surface area contributed by atoms with Crippen LogP contribution in [0.5, 0.6) is 0 Å². The molecule has 2 aliphatic rings. The van der Waals surface area contributed by atoms with Gasteiger partial charge in [-0.25, -0.2) is 0 Å². The molecule has 0 saturated carbocycles. The fourth-order valence-electron chi connectivity index (χ4n) is 3.21. The summed E-state index contributed by atoms with van der Waals surface area (Å²) in [5.41, 5.74) is 0. The van der Waals surface area contributed by atoms with E-state index < -0.39 is 0 Å². The largest absolute Gasteiger partial charge is 0.342 e. The summed E-state index contributed by atoms with van der Waals surface area (Å²) in [6.45, 7) is 7.49. The van der Waals surface area contributed by atoms with Gasteiger partial charge >= 0.3 is 0 Å². The van der Waals surface area contributed by atoms with Crippen LogP contribution in [-0.4, -0.2) is 73.0 Å². The van der Waals surface area contributed by atoms with Crippen LogP contribution in [0.4, 0.5) is 0 Å². The molecule has 0 aromatic carbocycles. The van der Waals surface area contributed by atoms with Gasteiger partial charge in [0.25, 0.3) is 0 Å².